The standard InChI is InChI=1S/C75H146O17P2/c1-9-67(7)53-45-37-27-23-19-17-15-13-11-12-14-16-18-20-25-29-41-49-57-74(79)91-70(61-85-72(77)55-47-39-33-31-35-43-51-65(3)4)63-89-93(81,82)87-59-69(76)60-88-94(83,84)90-64-71(62-86-73(78)56-48-40-34-32-36-44-52-66(5)6)92-75(80)58-50-42-30-26-22-21-24-28-38-46-54-68(8)10-2/h65-71,76H,9-64H2,1-8H3,(H,81,82)(H,83,84)/t67?,68?,69-,70+,71+/m0/s1. The zero-order chi connectivity index (χ0) is 69.6. The minimum atomic E-state index is -4.95. The lowest BCUT2D eigenvalue weighted by molar-refractivity contribution is -0.161. The number of esters is 4. The highest BCUT2D eigenvalue weighted by molar-refractivity contribution is 7.47. The van der Waals surface area contributed by atoms with E-state index in [1.807, 2.05) is 0 Å². The second-order valence-corrected chi connectivity index (χ2v) is 31.4. The van der Waals surface area contributed by atoms with Gasteiger partial charge in [0.25, 0.3) is 0 Å². The summed E-state index contributed by atoms with van der Waals surface area (Å²) in [5.41, 5.74) is 0. The molecule has 19 heteroatoms. The highest BCUT2D eigenvalue weighted by Crippen LogP contribution is 2.45. The van der Waals surface area contributed by atoms with Gasteiger partial charge in [-0.1, -0.05) is 325 Å². The Labute approximate surface area is 575 Å². The Balaban J connectivity index is 5.14. The Kier molecular flexibility index (Phi) is 63.1. The van der Waals surface area contributed by atoms with Crippen LogP contribution in [0, 0.1) is 23.7 Å². The van der Waals surface area contributed by atoms with Crippen molar-refractivity contribution in [2.24, 2.45) is 23.7 Å². The third kappa shape index (κ3) is 66.0. The molecule has 0 rings (SSSR count). The highest BCUT2D eigenvalue weighted by atomic mass is 31.2. The van der Waals surface area contributed by atoms with Crippen LogP contribution in [0.2, 0.25) is 0 Å². The maximum absolute atomic E-state index is 13.0. The summed E-state index contributed by atoms with van der Waals surface area (Å²) in [5, 5.41) is 10.6. The molecule has 558 valence electrons. The van der Waals surface area contributed by atoms with Gasteiger partial charge >= 0.3 is 39.5 Å². The summed E-state index contributed by atoms with van der Waals surface area (Å²) in [5.74, 6) is 0.905. The van der Waals surface area contributed by atoms with Crippen molar-refractivity contribution in [1.29, 1.82) is 0 Å². The molecule has 3 N–H and O–H groups in total. The molecule has 0 aliphatic rings. The Morgan fingerprint density at radius 1 is 0.298 bits per heavy atom. The molecule has 17 nitrogen and oxygen atoms in total. The fraction of sp³-hybridized carbons (Fsp3) is 0.947. The first kappa shape index (κ1) is 92.1. The molecule has 0 spiro atoms. The Morgan fingerprint density at radius 3 is 0.755 bits per heavy atom. The van der Waals surface area contributed by atoms with Gasteiger partial charge in [0.05, 0.1) is 26.4 Å². The van der Waals surface area contributed by atoms with E-state index >= 15 is 0 Å². The van der Waals surface area contributed by atoms with Crippen molar-refractivity contribution >= 4 is 39.5 Å². The van der Waals surface area contributed by atoms with Gasteiger partial charge in [0, 0.05) is 25.7 Å². The molecule has 0 heterocycles. The third-order valence-electron chi connectivity index (χ3n) is 18.0. The van der Waals surface area contributed by atoms with Gasteiger partial charge in [0.1, 0.15) is 19.3 Å². The number of hydrogen-bond acceptors (Lipinski definition) is 15. The van der Waals surface area contributed by atoms with Crippen LogP contribution < -0.4 is 0 Å². The normalized spacial score (nSPS) is 14.7. The Hall–Kier alpha value is -1.94. The molecule has 0 bridgehead atoms. The first-order chi connectivity index (χ1) is 45.2. The van der Waals surface area contributed by atoms with Gasteiger partial charge in [0.2, 0.25) is 0 Å². The van der Waals surface area contributed by atoms with Crippen LogP contribution in [0.1, 0.15) is 376 Å². The van der Waals surface area contributed by atoms with E-state index in [0.29, 0.717) is 37.5 Å². The maximum atomic E-state index is 13.0. The van der Waals surface area contributed by atoms with Gasteiger partial charge in [-0.3, -0.25) is 37.3 Å². The fourth-order valence-corrected chi connectivity index (χ4v) is 12.9. The highest BCUT2D eigenvalue weighted by Gasteiger charge is 2.30. The summed E-state index contributed by atoms with van der Waals surface area (Å²) in [6.45, 7) is 14.1. The average Bonchev–Trinajstić information content (AvgIpc) is 2.83. The van der Waals surface area contributed by atoms with Gasteiger partial charge in [-0.05, 0) is 49.4 Å². The number of aliphatic hydroxyl groups is 1. The lowest BCUT2D eigenvalue weighted by Crippen LogP contribution is -2.30. The zero-order valence-electron chi connectivity index (χ0n) is 61.6. The molecule has 94 heavy (non-hydrogen) atoms. The van der Waals surface area contributed by atoms with E-state index < -0.39 is 97.5 Å². The number of phosphoric ester groups is 2. The van der Waals surface area contributed by atoms with Gasteiger partial charge in [-0.2, -0.15) is 0 Å². The molecule has 0 amide bonds. The van der Waals surface area contributed by atoms with E-state index in [1.54, 1.807) is 0 Å². The van der Waals surface area contributed by atoms with E-state index in [4.69, 9.17) is 37.0 Å². The average molecular weight is 1380 g/mol. The molecule has 0 aliphatic carbocycles. The van der Waals surface area contributed by atoms with Gasteiger partial charge < -0.3 is 33.8 Å². The maximum Gasteiger partial charge on any atom is 0.472 e. The Morgan fingerprint density at radius 2 is 0.511 bits per heavy atom. The molecule has 0 aliphatic heterocycles. The zero-order valence-corrected chi connectivity index (χ0v) is 63.4. The monoisotopic (exact) mass is 1380 g/mol. The molecule has 0 aromatic rings. The molecule has 0 aromatic heterocycles. The van der Waals surface area contributed by atoms with Crippen LogP contribution in [0.25, 0.3) is 0 Å². The minimum absolute atomic E-state index is 0.105. The first-order valence-electron chi connectivity index (χ1n) is 38.8. The van der Waals surface area contributed by atoms with Crippen LogP contribution in [0.15, 0.2) is 0 Å². The summed E-state index contributed by atoms with van der Waals surface area (Å²) >= 11 is 0. The molecule has 0 aromatic carbocycles. The molecule has 0 saturated carbocycles. The molecule has 0 radical (unpaired) electrons. The lowest BCUT2D eigenvalue weighted by atomic mass is 9.99. The van der Waals surface area contributed by atoms with Crippen molar-refractivity contribution in [1.82, 2.24) is 0 Å². The van der Waals surface area contributed by atoms with Crippen LogP contribution >= 0.6 is 15.6 Å². The van der Waals surface area contributed by atoms with Crippen LogP contribution in [-0.4, -0.2) is 96.7 Å². The second kappa shape index (κ2) is 64.4. The SMILES string of the molecule is CCC(C)CCCCCCCCCCCCCCCCCCCCC(=O)O[C@H](COC(=O)CCCCCCCCC(C)C)COP(=O)(O)OC[C@H](O)COP(=O)(O)OC[C@@H](COC(=O)CCCCCCCCC(C)C)OC(=O)CCCCCCCCCCCCC(C)CC. The molecule has 4 unspecified atom stereocenters. The minimum Gasteiger partial charge on any atom is -0.462 e. The molecular formula is C75H146O17P2. The van der Waals surface area contributed by atoms with Crippen LogP contribution in [-0.2, 0) is 65.4 Å². The van der Waals surface area contributed by atoms with Crippen molar-refractivity contribution in [3.63, 3.8) is 0 Å². The van der Waals surface area contributed by atoms with E-state index in [0.717, 1.165) is 115 Å². The number of unbranched alkanes of at least 4 members (excludes halogenated alkanes) is 36. The molecule has 0 saturated heterocycles. The first-order valence-corrected chi connectivity index (χ1v) is 41.8. The van der Waals surface area contributed by atoms with Crippen molar-refractivity contribution in [2.75, 3.05) is 39.6 Å². The number of phosphoric acid groups is 2. The molecule has 0 fully saturated rings. The van der Waals surface area contributed by atoms with Crippen molar-refractivity contribution in [3.05, 3.63) is 0 Å². The van der Waals surface area contributed by atoms with Crippen LogP contribution in [0.5, 0.6) is 0 Å². The van der Waals surface area contributed by atoms with E-state index in [-0.39, 0.29) is 25.7 Å². The van der Waals surface area contributed by atoms with Crippen LogP contribution in [0.3, 0.4) is 0 Å². The van der Waals surface area contributed by atoms with Crippen molar-refractivity contribution in [3.8, 4) is 0 Å². The fourth-order valence-electron chi connectivity index (χ4n) is 11.3. The summed E-state index contributed by atoms with van der Waals surface area (Å²) in [6.07, 6.45) is 48.9. The van der Waals surface area contributed by atoms with Gasteiger partial charge in [-0.15, -0.1) is 0 Å². The third-order valence-corrected chi connectivity index (χ3v) is 19.9. The lowest BCUT2D eigenvalue weighted by Gasteiger charge is -2.21. The summed E-state index contributed by atoms with van der Waals surface area (Å²) in [6, 6.07) is 0. The number of rotatable bonds is 72. The quantitative estimate of drug-likeness (QED) is 0.0222. The smallest absolute Gasteiger partial charge is 0.462 e. The van der Waals surface area contributed by atoms with Crippen molar-refractivity contribution in [2.45, 2.75) is 395 Å². The topological polar surface area (TPSA) is 237 Å². The molecular weight excluding hydrogens is 1230 g/mol. The van der Waals surface area contributed by atoms with Crippen LogP contribution in [0.4, 0.5) is 0 Å². The summed E-state index contributed by atoms with van der Waals surface area (Å²) in [7, 11) is -9.91. The van der Waals surface area contributed by atoms with E-state index in [2.05, 4.69) is 55.4 Å². The second-order valence-electron chi connectivity index (χ2n) is 28.5. The summed E-state index contributed by atoms with van der Waals surface area (Å²) < 4.78 is 68.4. The number of carbonyl (C=O) groups is 4. The largest absolute Gasteiger partial charge is 0.472 e. The van der Waals surface area contributed by atoms with E-state index in [1.165, 1.54) is 167 Å². The number of carbonyl (C=O) groups excluding carboxylic acids is 4. The van der Waals surface area contributed by atoms with E-state index in [9.17, 15) is 43.2 Å². The predicted molar refractivity (Wildman–Crippen MR) is 381 cm³/mol. The van der Waals surface area contributed by atoms with Crippen molar-refractivity contribution < 1.29 is 80.2 Å². The summed E-state index contributed by atoms with van der Waals surface area (Å²) in [4.78, 5) is 72.6. The molecule has 7 atom stereocenters. The number of ether oxygens (including phenoxy) is 4. The van der Waals surface area contributed by atoms with Gasteiger partial charge in [-0.25, -0.2) is 9.13 Å². The van der Waals surface area contributed by atoms with Gasteiger partial charge in [0.15, 0.2) is 12.2 Å². The number of hydrogen-bond donors (Lipinski definition) is 3. The number of aliphatic hydroxyl groups excluding tert-OH is 1. The predicted octanol–water partition coefficient (Wildman–Crippen LogP) is 21.7. The Bertz CT molecular complexity index is 1850.